The summed E-state index contributed by atoms with van der Waals surface area (Å²) >= 11 is -1.21. The molecule has 1 heteroatoms. The molecular formula is C20H19Se+. The van der Waals surface area contributed by atoms with Crippen molar-refractivity contribution in [1.29, 1.82) is 0 Å². The zero-order valence-electron chi connectivity index (χ0n) is 12.4. The van der Waals surface area contributed by atoms with Gasteiger partial charge in [0.15, 0.2) is 0 Å². The second kappa shape index (κ2) is 6.30. The van der Waals surface area contributed by atoms with Gasteiger partial charge in [0.25, 0.3) is 0 Å². The van der Waals surface area contributed by atoms with Gasteiger partial charge in [-0.3, -0.25) is 0 Å². The molecule has 0 aliphatic carbocycles. The molecule has 0 atom stereocenters. The quantitative estimate of drug-likeness (QED) is 0.644. The standard InChI is InChI=1S/C20H19Se/c1-16-10-9-15-20(17(16)2)21(18-11-5-3-6-12-18)19-13-7-4-8-14-19/h3-15H,1-2H3/q+1. The Balaban J connectivity index is 2.20. The Morgan fingerprint density at radius 3 is 1.62 bits per heavy atom. The van der Waals surface area contributed by atoms with Crippen molar-refractivity contribution in [3.63, 3.8) is 0 Å². The number of rotatable bonds is 3. The first-order chi connectivity index (χ1) is 10.3. The summed E-state index contributed by atoms with van der Waals surface area (Å²) in [6.07, 6.45) is 0. The van der Waals surface area contributed by atoms with Crippen molar-refractivity contribution in [2.24, 2.45) is 0 Å². The second-order valence-corrected chi connectivity index (χ2v) is 9.32. The monoisotopic (exact) mass is 339 g/mol. The summed E-state index contributed by atoms with van der Waals surface area (Å²) in [6.45, 7) is 4.46. The fraction of sp³-hybridized carbons (Fsp3) is 0.100. The van der Waals surface area contributed by atoms with Crippen molar-refractivity contribution in [1.82, 2.24) is 0 Å². The molecule has 0 fully saturated rings. The fourth-order valence-electron chi connectivity index (χ4n) is 2.45. The first kappa shape index (κ1) is 14.1. The van der Waals surface area contributed by atoms with E-state index in [4.69, 9.17) is 0 Å². The summed E-state index contributed by atoms with van der Waals surface area (Å²) in [5.41, 5.74) is 2.82. The fourth-order valence-corrected chi connectivity index (χ4v) is 7.32. The van der Waals surface area contributed by atoms with Gasteiger partial charge in [-0.2, -0.15) is 0 Å². The number of hydrogen-bond donors (Lipinski definition) is 0. The van der Waals surface area contributed by atoms with Crippen LogP contribution in [-0.2, 0) is 0 Å². The van der Waals surface area contributed by atoms with E-state index < -0.39 is 13.9 Å². The Bertz CT molecular complexity index is 678. The molecule has 0 spiro atoms. The van der Waals surface area contributed by atoms with E-state index >= 15 is 0 Å². The van der Waals surface area contributed by atoms with E-state index in [1.165, 1.54) is 24.5 Å². The normalized spacial score (nSPS) is 10.8. The topological polar surface area (TPSA) is 0 Å². The molecule has 3 aromatic rings. The maximum absolute atomic E-state index is 2.31. The number of benzene rings is 3. The van der Waals surface area contributed by atoms with Gasteiger partial charge in [-0.05, 0) is 0 Å². The Labute approximate surface area is 131 Å². The number of aryl methyl sites for hydroxylation is 1. The van der Waals surface area contributed by atoms with Crippen molar-refractivity contribution >= 4 is 27.3 Å². The van der Waals surface area contributed by atoms with Gasteiger partial charge >= 0.3 is 131 Å². The predicted molar refractivity (Wildman–Crippen MR) is 93.5 cm³/mol. The van der Waals surface area contributed by atoms with Crippen molar-refractivity contribution in [3.05, 3.63) is 90.0 Å². The van der Waals surface area contributed by atoms with Gasteiger partial charge in [-0.15, -0.1) is 0 Å². The Morgan fingerprint density at radius 2 is 1.10 bits per heavy atom. The van der Waals surface area contributed by atoms with Crippen LogP contribution in [0.3, 0.4) is 0 Å². The second-order valence-electron chi connectivity index (χ2n) is 5.13. The molecule has 0 heterocycles. The maximum atomic E-state index is 2.31. The van der Waals surface area contributed by atoms with Crippen LogP contribution in [0.25, 0.3) is 0 Å². The molecule has 0 aromatic heterocycles. The average Bonchev–Trinajstić information content (AvgIpc) is 2.54. The Morgan fingerprint density at radius 1 is 0.571 bits per heavy atom. The van der Waals surface area contributed by atoms with Gasteiger partial charge in [0.1, 0.15) is 0 Å². The summed E-state index contributed by atoms with van der Waals surface area (Å²) in [4.78, 5) is 0. The van der Waals surface area contributed by atoms with Crippen LogP contribution in [0, 0.1) is 13.8 Å². The molecule has 21 heavy (non-hydrogen) atoms. The van der Waals surface area contributed by atoms with Gasteiger partial charge in [0.05, 0.1) is 0 Å². The summed E-state index contributed by atoms with van der Waals surface area (Å²) in [6, 6.07) is 28.6. The van der Waals surface area contributed by atoms with Gasteiger partial charge in [-0.25, -0.2) is 0 Å². The summed E-state index contributed by atoms with van der Waals surface area (Å²) in [7, 11) is 0. The molecule has 0 saturated carbocycles. The predicted octanol–water partition coefficient (Wildman–Crippen LogP) is 2.82. The van der Waals surface area contributed by atoms with Crippen LogP contribution < -0.4 is 13.4 Å². The van der Waals surface area contributed by atoms with Gasteiger partial charge in [0.2, 0.25) is 0 Å². The van der Waals surface area contributed by atoms with Gasteiger partial charge < -0.3 is 0 Å². The molecule has 0 amide bonds. The van der Waals surface area contributed by atoms with Crippen molar-refractivity contribution in [2.75, 3.05) is 0 Å². The van der Waals surface area contributed by atoms with Crippen molar-refractivity contribution < 1.29 is 0 Å². The van der Waals surface area contributed by atoms with E-state index in [0.717, 1.165) is 0 Å². The number of hydrogen-bond acceptors (Lipinski definition) is 0. The van der Waals surface area contributed by atoms with E-state index in [1.807, 2.05) is 0 Å². The Hall–Kier alpha value is -1.82. The van der Waals surface area contributed by atoms with Crippen LogP contribution in [0.2, 0.25) is 0 Å². The first-order valence-corrected chi connectivity index (χ1v) is 9.75. The molecule has 0 aliphatic rings. The van der Waals surface area contributed by atoms with E-state index in [1.54, 1.807) is 0 Å². The zero-order valence-corrected chi connectivity index (χ0v) is 14.1. The van der Waals surface area contributed by atoms with Gasteiger partial charge in [-0.1, -0.05) is 0 Å². The van der Waals surface area contributed by atoms with Crippen LogP contribution in [0.1, 0.15) is 11.1 Å². The molecule has 3 aromatic carbocycles. The summed E-state index contributed by atoms with van der Waals surface area (Å²) in [5.74, 6) is 0. The molecule has 0 N–H and O–H groups in total. The van der Waals surface area contributed by atoms with Crippen LogP contribution in [-0.4, -0.2) is 13.9 Å². The third-order valence-corrected chi connectivity index (χ3v) is 8.70. The third-order valence-electron chi connectivity index (χ3n) is 3.73. The minimum atomic E-state index is -1.21. The molecule has 0 bridgehead atoms. The molecule has 0 nitrogen and oxygen atoms in total. The zero-order chi connectivity index (χ0) is 14.7. The minimum absolute atomic E-state index is 1.21. The van der Waals surface area contributed by atoms with E-state index in [0.29, 0.717) is 0 Å². The van der Waals surface area contributed by atoms with Crippen molar-refractivity contribution in [2.45, 2.75) is 13.8 Å². The van der Waals surface area contributed by atoms with E-state index in [2.05, 4.69) is 92.7 Å². The molecule has 3 rings (SSSR count). The molecule has 0 unspecified atom stereocenters. The van der Waals surface area contributed by atoms with Gasteiger partial charge in [0, 0.05) is 0 Å². The van der Waals surface area contributed by atoms with Crippen LogP contribution in [0.4, 0.5) is 0 Å². The van der Waals surface area contributed by atoms with E-state index in [9.17, 15) is 0 Å². The SMILES string of the molecule is Cc1cccc([Se+](c2ccccc2)c2ccccc2)c1C. The molecule has 0 saturated heterocycles. The summed E-state index contributed by atoms with van der Waals surface area (Å²) in [5, 5.41) is 0. The third kappa shape index (κ3) is 2.95. The molecule has 0 radical (unpaired) electrons. The molecule has 104 valence electrons. The molecule has 0 aliphatic heterocycles. The van der Waals surface area contributed by atoms with Crippen LogP contribution in [0.15, 0.2) is 78.9 Å². The first-order valence-electron chi connectivity index (χ1n) is 7.18. The molecular weight excluding hydrogens is 319 g/mol. The van der Waals surface area contributed by atoms with Crippen LogP contribution in [0.5, 0.6) is 0 Å². The van der Waals surface area contributed by atoms with Crippen LogP contribution >= 0.6 is 0 Å². The van der Waals surface area contributed by atoms with Crippen molar-refractivity contribution in [3.8, 4) is 0 Å². The Kier molecular flexibility index (Phi) is 4.24. The van der Waals surface area contributed by atoms with E-state index in [-0.39, 0.29) is 0 Å². The summed E-state index contributed by atoms with van der Waals surface area (Å²) < 4.78 is 4.46. The average molecular weight is 338 g/mol.